The summed E-state index contributed by atoms with van der Waals surface area (Å²) in [6, 6.07) is 8.52. The molecule has 0 amide bonds. The number of nitrogens with one attached hydrogen (secondary N) is 1. The number of hydrogen-bond donors (Lipinski definition) is 2. The van der Waals surface area contributed by atoms with Crippen LogP contribution in [0.3, 0.4) is 0 Å². The van der Waals surface area contributed by atoms with Gasteiger partial charge in [-0.3, -0.25) is 4.55 Å². The molecule has 1 unspecified atom stereocenters. The first-order chi connectivity index (χ1) is 8.47. The minimum Gasteiger partial charge on any atom is -0.376 e. The van der Waals surface area contributed by atoms with Crippen LogP contribution in [0.2, 0.25) is 0 Å². The third kappa shape index (κ3) is 7.39. The summed E-state index contributed by atoms with van der Waals surface area (Å²) in [7, 11) is -3.88. The normalized spacial score (nSPS) is 19.8. The van der Waals surface area contributed by atoms with Crippen molar-refractivity contribution in [2.24, 2.45) is 0 Å². The number of ether oxygens (including phenoxy) is 1. The summed E-state index contributed by atoms with van der Waals surface area (Å²) in [5.74, 6) is -0.312. The smallest absolute Gasteiger partial charge is 0.269 e. The molecule has 6 heteroatoms. The van der Waals surface area contributed by atoms with Crippen LogP contribution in [0.5, 0.6) is 0 Å². The lowest BCUT2D eigenvalue weighted by atomic mass is 10.2. The molecule has 1 fully saturated rings. The highest BCUT2D eigenvalue weighted by Crippen LogP contribution is 2.02. The molecule has 0 aliphatic carbocycles. The number of morpholine rings is 1. The molecule has 1 aliphatic heterocycles. The Bertz CT molecular complexity index is 427. The van der Waals surface area contributed by atoms with Crippen molar-refractivity contribution in [2.45, 2.75) is 18.8 Å². The van der Waals surface area contributed by atoms with E-state index in [1.807, 2.05) is 0 Å². The van der Waals surface area contributed by atoms with Gasteiger partial charge < -0.3 is 10.1 Å². The summed E-state index contributed by atoms with van der Waals surface area (Å²) < 4.78 is 34.4. The molecular formula is C12H19NO4S. The van der Waals surface area contributed by atoms with Crippen molar-refractivity contribution < 1.29 is 17.7 Å². The van der Waals surface area contributed by atoms with E-state index in [1.165, 1.54) is 0 Å². The van der Waals surface area contributed by atoms with Crippen molar-refractivity contribution in [3.05, 3.63) is 35.9 Å². The molecule has 5 nitrogen and oxygen atoms in total. The average molecular weight is 273 g/mol. The van der Waals surface area contributed by atoms with Crippen LogP contribution in [-0.2, 0) is 20.6 Å². The zero-order valence-electron chi connectivity index (χ0n) is 10.4. The Labute approximate surface area is 108 Å². The van der Waals surface area contributed by atoms with E-state index in [0.717, 1.165) is 19.7 Å². The van der Waals surface area contributed by atoms with Crippen LogP contribution in [-0.4, -0.2) is 38.8 Å². The minimum absolute atomic E-state index is 0.312. The quantitative estimate of drug-likeness (QED) is 0.788. The molecule has 2 N–H and O–H groups in total. The molecule has 0 aromatic heterocycles. The summed E-state index contributed by atoms with van der Waals surface area (Å²) in [6.07, 6.45) is 0.425. The molecule has 0 saturated carbocycles. The largest absolute Gasteiger partial charge is 0.376 e. The molecule has 0 radical (unpaired) electrons. The second kappa shape index (κ2) is 7.48. The summed E-state index contributed by atoms with van der Waals surface area (Å²) in [5.41, 5.74) is 0.593. The van der Waals surface area contributed by atoms with Gasteiger partial charge in [-0.15, -0.1) is 0 Å². The Balaban J connectivity index is 0.000000199. The summed E-state index contributed by atoms with van der Waals surface area (Å²) in [6.45, 7) is 4.98. The second-order valence-electron chi connectivity index (χ2n) is 4.10. The molecule has 102 valence electrons. The standard InChI is InChI=1S/C7H8O3S.C5H11NO/c8-11(9,10)6-7-4-2-1-3-5-7;1-5-4-6-2-3-7-5/h1-5H,6H2,(H,8,9,10);5-6H,2-4H2,1H3. The summed E-state index contributed by atoms with van der Waals surface area (Å²) in [4.78, 5) is 0. The maximum absolute atomic E-state index is 10.4. The first-order valence-electron chi connectivity index (χ1n) is 5.79. The van der Waals surface area contributed by atoms with E-state index in [4.69, 9.17) is 9.29 Å². The molecule has 18 heavy (non-hydrogen) atoms. The zero-order chi connectivity index (χ0) is 13.4. The fraction of sp³-hybridized carbons (Fsp3) is 0.500. The first kappa shape index (κ1) is 15.1. The minimum atomic E-state index is -3.88. The fourth-order valence-corrected chi connectivity index (χ4v) is 2.10. The van der Waals surface area contributed by atoms with Gasteiger partial charge in [-0.05, 0) is 12.5 Å². The molecule has 1 heterocycles. The van der Waals surface area contributed by atoms with Crippen LogP contribution in [0.4, 0.5) is 0 Å². The molecule has 1 aromatic carbocycles. The number of rotatable bonds is 2. The van der Waals surface area contributed by atoms with Crippen LogP contribution in [0.15, 0.2) is 30.3 Å². The van der Waals surface area contributed by atoms with Crippen LogP contribution >= 0.6 is 0 Å². The predicted octanol–water partition coefficient (Wildman–Crippen LogP) is 1.07. The Kier molecular flexibility index (Phi) is 6.28. The zero-order valence-corrected chi connectivity index (χ0v) is 11.2. The maximum Gasteiger partial charge on any atom is 0.269 e. The predicted molar refractivity (Wildman–Crippen MR) is 70.0 cm³/mol. The van der Waals surface area contributed by atoms with E-state index in [9.17, 15) is 8.42 Å². The molecular weight excluding hydrogens is 254 g/mol. The van der Waals surface area contributed by atoms with E-state index in [1.54, 1.807) is 30.3 Å². The third-order valence-corrected chi connectivity index (χ3v) is 3.00. The van der Waals surface area contributed by atoms with Crippen molar-refractivity contribution in [3.63, 3.8) is 0 Å². The van der Waals surface area contributed by atoms with Gasteiger partial charge in [0.15, 0.2) is 0 Å². The highest BCUT2D eigenvalue weighted by molar-refractivity contribution is 7.85. The van der Waals surface area contributed by atoms with Crippen LogP contribution in [0.1, 0.15) is 12.5 Å². The van der Waals surface area contributed by atoms with Crippen LogP contribution < -0.4 is 5.32 Å². The number of hydrogen-bond acceptors (Lipinski definition) is 4. The summed E-state index contributed by atoms with van der Waals surface area (Å²) in [5, 5.41) is 3.21. The van der Waals surface area contributed by atoms with E-state index in [2.05, 4.69) is 12.2 Å². The van der Waals surface area contributed by atoms with Gasteiger partial charge in [-0.2, -0.15) is 8.42 Å². The first-order valence-corrected chi connectivity index (χ1v) is 7.40. The summed E-state index contributed by atoms with van der Waals surface area (Å²) >= 11 is 0. The monoisotopic (exact) mass is 273 g/mol. The Morgan fingerprint density at radius 2 is 2.06 bits per heavy atom. The number of benzene rings is 1. The van der Waals surface area contributed by atoms with Gasteiger partial charge in [0.05, 0.1) is 12.7 Å². The molecule has 1 aliphatic rings. The van der Waals surface area contributed by atoms with Crippen LogP contribution in [0, 0.1) is 0 Å². The van der Waals surface area contributed by atoms with Crippen molar-refractivity contribution >= 4 is 10.1 Å². The van der Waals surface area contributed by atoms with E-state index in [0.29, 0.717) is 11.7 Å². The van der Waals surface area contributed by atoms with Crippen molar-refractivity contribution in [2.75, 3.05) is 19.7 Å². The van der Waals surface area contributed by atoms with Crippen molar-refractivity contribution in [1.29, 1.82) is 0 Å². The van der Waals surface area contributed by atoms with Gasteiger partial charge in [0.1, 0.15) is 5.75 Å². The maximum atomic E-state index is 10.4. The van der Waals surface area contributed by atoms with E-state index < -0.39 is 10.1 Å². The molecule has 0 bridgehead atoms. The Morgan fingerprint density at radius 3 is 2.44 bits per heavy atom. The fourth-order valence-electron chi connectivity index (χ4n) is 1.48. The van der Waals surface area contributed by atoms with Gasteiger partial charge >= 0.3 is 0 Å². The topological polar surface area (TPSA) is 75.6 Å². The van der Waals surface area contributed by atoms with Crippen LogP contribution in [0.25, 0.3) is 0 Å². The third-order valence-electron chi connectivity index (χ3n) is 2.30. The van der Waals surface area contributed by atoms with Crippen molar-refractivity contribution in [1.82, 2.24) is 5.32 Å². The lowest BCUT2D eigenvalue weighted by Crippen LogP contribution is -2.36. The molecule has 1 atom stereocenters. The van der Waals surface area contributed by atoms with Gasteiger partial charge in [-0.1, -0.05) is 30.3 Å². The van der Waals surface area contributed by atoms with E-state index in [-0.39, 0.29) is 5.75 Å². The molecule has 2 rings (SSSR count). The van der Waals surface area contributed by atoms with E-state index >= 15 is 0 Å². The van der Waals surface area contributed by atoms with Gasteiger partial charge in [-0.25, -0.2) is 0 Å². The Hall–Kier alpha value is -0.950. The molecule has 1 aromatic rings. The second-order valence-corrected chi connectivity index (χ2v) is 5.55. The average Bonchev–Trinajstić information content (AvgIpc) is 2.30. The SMILES string of the molecule is CC1CNCCO1.O=S(=O)(O)Cc1ccccc1. The highest BCUT2D eigenvalue weighted by Gasteiger charge is 2.05. The Morgan fingerprint density at radius 1 is 1.39 bits per heavy atom. The highest BCUT2D eigenvalue weighted by atomic mass is 32.2. The molecule has 0 spiro atoms. The lowest BCUT2D eigenvalue weighted by Gasteiger charge is -2.18. The van der Waals surface area contributed by atoms with Gasteiger partial charge in [0.25, 0.3) is 10.1 Å². The lowest BCUT2D eigenvalue weighted by molar-refractivity contribution is 0.0410. The van der Waals surface area contributed by atoms with Crippen molar-refractivity contribution in [3.8, 4) is 0 Å². The van der Waals surface area contributed by atoms with Gasteiger partial charge in [0.2, 0.25) is 0 Å². The van der Waals surface area contributed by atoms with Gasteiger partial charge in [0, 0.05) is 13.1 Å². The molecule has 1 saturated heterocycles.